The Balaban J connectivity index is 2.44. The zero-order chi connectivity index (χ0) is 9.19. The standard InChI is InChI=1S/C8H15NO2S/c1-8(12-2)3-5-9(6-4-8)7(10)11/h3-6H2,1-2H3,(H,10,11). The minimum Gasteiger partial charge on any atom is -0.465 e. The van der Waals surface area contributed by atoms with Gasteiger partial charge in [-0.15, -0.1) is 0 Å². The van der Waals surface area contributed by atoms with Crippen molar-refractivity contribution in [2.45, 2.75) is 24.5 Å². The fraction of sp³-hybridized carbons (Fsp3) is 0.875. The van der Waals surface area contributed by atoms with Gasteiger partial charge < -0.3 is 10.0 Å². The summed E-state index contributed by atoms with van der Waals surface area (Å²) < 4.78 is 0.298. The first-order chi connectivity index (χ1) is 5.57. The molecule has 0 unspecified atom stereocenters. The summed E-state index contributed by atoms with van der Waals surface area (Å²) in [5.74, 6) is 0. The van der Waals surface area contributed by atoms with Crippen molar-refractivity contribution in [2.24, 2.45) is 0 Å². The molecule has 0 aliphatic carbocycles. The van der Waals surface area contributed by atoms with E-state index in [1.807, 2.05) is 11.8 Å². The Morgan fingerprint density at radius 1 is 1.50 bits per heavy atom. The molecule has 1 amide bonds. The van der Waals surface area contributed by atoms with Crippen molar-refractivity contribution < 1.29 is 9.90 Å². The number of hydrogen-bond acceptors (Lipinski definition) is 2. The molecule has 1 fully saturated rings. The van der Waals surface area contributed by atoms with Gasteiger partial charge in [0, 0.05) is 17.8 Å². The molecule has 0 saturated carbocycles. The molecule has 0 atom stereocenters. The molecule has 1 N–H and O–H groups in total. The third kappa shape index (κ3) is 2.06. The molecule has 4 heteroatoms. The van der Waals surface area contributed by atoms with Gasteiger partial charge in [0.1, 0.15) is 0 Å². The van der Waals surface area contributed by atoms with Crippen molar-refractivity contribution in [1.82, 2.24) is 4.90 Å². The highest BCUT2D eigenvalue weighted by Gasteiger charge is 2.30. The summed E-state index contributed by atoms with van der Waals surface area (Å²) in [6.45, 7) is 3.58. The number of amides is 1. The van der Waals surface area contributed by atoms with Gasteiger partial charge in [-0.1, -0.05) is 6.92 Å². The number of nitrogens with zero attached hydrogens (tertiary/aromatic N) is 1. The van der Waals surface area contributed by atoms with Crippen LogP contribution in [0.3, 0.4) is 0 Å². The molecule has 0 aromatic heterocycles. The number of carboxylic acid groups (broad SMARTS) is 1. The fourth-order valence-electron chi connectivity index (χ4n) is 1.38. The van der Waals surface area contributed by atoms with Crippen LogP contribution < -0.4 is 0 Å². The van der Waals surface area contributed by atoms with Gasteiger partial charge in [-0.3, -0.25) is 0 Å². The Bertz CT molecular complexity index is 176. The van der Waals surface area contributed by atoms with Crippen molar-refractivity contribution in [2.75, 3.05) is 19.3 Å². The Labute approximate surface area is 77.1 Å². The lowest BCUT2D eigenvalue weighted by atomic mass is 9.98. The molecule has 1 heterocycles. The summed E-state index contributed by atoms with van der Waals surface area (Å²) in [5.41, 5.74) is 0. The highest BCUT2D eigenvalue weighted by atomic mass is 32.2. The van der Waals surface area contributed by atoms with E-state index in [1.165, 1.54) is 4.90 Å². The maximum absolute atomic E-state index is 10.6. The van der Waals surface area contributed by atoms with Crippen molar-refractivity contribution in [3.8, 4) is 0 Å². The van der Waals surface area contributed by atoms with E-state index < -0.39 is 6.09 Å². The van der Waals surface area contributed by atoms with Gasteiger partial charge in [0.2, 0.25) is 0 Å². The van der Waals surface area contributed by atoms with Crippen molar-refractivity contribution in [3.63, 3.8) is 0 Å². The highest BCUT2D eigenvalue weighted by molar-refractivity contribution is 7.99. The summed E-state index contributed by atoms with van der Waals surface area (Å²) in [6.07, 6.45) is 3.26. The zero-order valence-corrected chi connectivity index (χ0v) is 8.36. The molecule has 3 nitrogen and oxygen atoms in total. The van der Waals surface area contributed by atoms with E-state index in [4.69, 9.17) is 5.11 Å². The second-order valence-corrected chi connectivity index (χ2v) is 4.82. The van der Waals surface area contributed by atoms with Gasteiger partial charge in [-0.25, -0.2) is 4.79 Å². The molecule has 1 saturated heterocycles. The van der Waals surface area contributed by atoms with E-state index in [1.54, 1.807) is 0 Å². The molecule has 0 aromatic carbocycles. The van der Waals surface area contributed by atoms with Crippen molar-refractivity contribution in [1.29, 1.82) is 0 Å². The average molecular weight is 189 g/mol. The van der Waals surface area contributed by atoms with E-state index in [2.05, 4.69) is 13.2 Å². The largest absolute Gasteiger partial charge is 0.465 e. The van der Waals surface area contributed by atoms with Crippen LogP contribution >= 0.6 is 11.8 Å². The van der Waals surface area contributed by atoms with Gasteiger partial charge in [-0.05, 0) is 19.1 Å². The first kappa shape index (κ1) is 9.71. The van der Waals surface area contributed by atoms with Crippen LogP contribution in [0.15, 0.2) is 0 Å². The second kappa shape index (κ2) is 3.56. The lowest BCUT2D eigenvalue weighted by Gasteiger charge is -2.36. The third-order valence-electron chi connectivity index (χ3n) is 2.58. The Morgan fingerprint density at radius 2 is 2.00 bits per heavy atom. The number of hydrogen-bond donors (Lipinski definition) is 1. The maximum atomic E-state index is 10.6. The predicted molar refractivity (Wildman–Crippen MR) is 50.8 cm³/mol. The summed E-state index contributed by atoms with van der Waals surface area (Å²) in [6, 6.07) is 0. The topological polar surface area (TPSA) is 40.5 Å². The minimum absolute atomic E-state index is 0.298. The van der Waals surface area contributed by atoms with Crippen LogP contribution in [-0.2, 0) is 0 Å². The third-order valence-corrected chi connectivity index (χ3v) is 3.98. The van der Waals surface area contributed by atoms with E-state index >= 15 is 0 Å². The van der Waals surface area contributed by atoms with E-state index in [9.17, 15) is 4.79 Å². The Morgan fingerprint density at radius 3 is 2.33 bits per heavy atom. The van der Waals surface area contributed by atoms with Gasteiger partial charge in [0.05, 0.1) is 0 Å². The normalized spacial score (nSPS) is 22.3. The smallest absolute Gasteiger partial charge is 0.407 e. The maximum Gasteiger partial charge on any atom is 0.407 e. The van der Waals surface area contributed by atoms with E-state index in [-0.39, 0.29) is 0 Å². The first-order valence-electron chi connectivity index (χ1n) is 4.10. The highest BCUT2D eigenvalue weighted by Crippen LogP contribution is 2.33. The summed E-state index contributed by atoms with van der Waals surface area (Å²) >= 11 is 1.84. The molecule has 0 aromatic rings. The first-order valence-corrected chi connectivity index (χ1v) is 5.33. The van der Waals surface area contributed by atoms with Crippen molar-refractivity contribution >= 4 is 17.9 Å². The van der Waals surface area contributed by atoms with Crippen LogP contribution in [0.1, 0.15) is 19.8 Å². The molecule has 12 heavy (non-hydrogen) atoms. The zero-order valence-electron chi connectivity index (χ0n) is 7.54. The van der Waals surface area contributed by atoms with E-state index in [0.29, 0.717) is 17.8 Å². The van der Waals surface area contributed by atoms with E-state index in [0.717, 1.165) is 12.8 Å². The molecule has 0 radical (unpaired) electrons. The molecule has 0 bridgehead atoms. The molecule has 1 aliphatic heterocycles. The monoisotopic (exact) mass is 189 g/mol. The molecular formula is C8H15NO2S. The summed E-state index contributed by atoms with van der Waals surface area (Å²) in [5, 5.41) is 8.70. The summed E-state index contributed by atoms with van der Waals surface area (Å²) in [7, 11) is 0. The quantitative estimate of drug-likeness (QED) is 0.684. The molecule has 1 rings (SSSR count). The number of carbonyl (C=O) groups is 1. The lowest BCUT2D eigenvalue weighted by Crippen LogP contribution is -2.43. The Kier molecular flexibility index (Phi) is 2.88. The van der Waals surface area contributed by atoms with Crippen LogP contribution in [0.4, 0.5) is 4.79 Å². The minimum atomic E-state index is -0.779. The summed E-state index contributed by atoms with van der Waals surface area (Å²) in [4.78, 5) is 12.1. The van der Waals surface area contributed by atoms with Gasteiger partial charge in [0.25, 0.3) is 0 Å². The fourth-order valence-corrected chi connectivity index (χ4v) is 1.97. The van der Waals surface area contributed by atoms with Crippen LogP contribution in [0, 0.1) is 0 Å². The average Bonchev–Trinajstić information content (AvgIpc) is 2.05. The number of rotatable bonds is 1. The van der Waals surface area contributed by atoms with Gasteiger partial charge >= 0.3 is 6.09 Å². The van der Waals surface area contributed by atoms with Crippen LogP contribution in [0.2, 0.25) is 0 Å². The SMILES string of the molecule is CSC1(C)CCN(C(=O)O)CC1. The van der Waals surface area contributed by atoms with Crippen LogP contribution in [-0.4, -0.2) is 40.2 Å². The Hall–Kier alpha value is -0.380. The van der Waals surface area contributed by atoms with Gasteiger partial charge in [0.15, 0.2) is 0 Å². The number of likely N-dealkylation sites (tertiary alicyclic amines) is 1. The van der Waals surface area contributed by atoms with Crippen LogP contribution in [0.5, 0.6) is 0 Å². The molecule has 70 valence electrons. The second-order valence-electron chi connectivity index (χ2n) is 3.42. The molecular weight excluding hydrogens is 174 g/mol. The lowest BCUT2D eigenvalue weighted by molar-refractivity contribution is 0.131. The van der Waals surface area contributed by atoms with Gasteiger partial charge in [-0.2, -0.15) is 11.8 Å². The molecule has 0 spiro atoms. The van der Waals surface area contributed by atoms with Crippen molar-refractivity contribution in [3.05, 3.63) is 0 Å². The number of thioether (sulfide) groups is 1. The predicted octanol–water partition coefficient (Wildman–Crippen LogP) is 1.88. The number of piperidine rings is 1. The van der Waals surface area contributed by atoms with Crippen LogP contribution in [0.25, 0.3) is 0 Å². The molecule has 1 aliphatic rings.